The molecule has 1 aromatic heterocycles. The molecule has 0 spiro atoms. The molecule has 1 heterocycles. The quantitative estimate of drug-likeness (QED) is 0.849. The highest BCUT2D eigenvalue weighted by molar-refractivity contribution is 5.96. The van der Waals surface area contributed by atoms with Crippen molar-refractivity contribution in [2.75, 3.05) is 6.61 Å². The Labute approximate surface area is 114 Å². The van der Waals surface area contributed by atoms with Gasteiger partial charge in [0.15, 0.2) is 0 Å². The minimum atomic E-state index is -0.0662. The summed E-state index contributed by atoms with van der Waals surface area (Å²) in [6.07, 6.45) is 8.78. The first-order chi connectivity index (χ1) is 9.31. The summed E-state index contributed by atoms with van der Waals surface area (Å²) in [6, 6.07) is 3.83. The van der Waals surface area contributed by atoms with Gasteiger partial charge >= 0.3 is 0 Å². The number of hydrogen-bond acceptors (Lipinski definition) is 3. The molecule has 2 rings (SSSR count). The van der Waals surface area contributed by atoms with Crippen LogP contribution in [0.3, 0.4) is 0 Å². The van der Waals surface area contributed by atoms with Crippen molar-refractivity contribution < 1.29 is 9.53 Å². The second-order valence-corrected chi connectivity index (χ2v) is 4.95. The minimum absolute atomic E-state index is 0.0662. The molecule has 0 unspecified atom stereocenters. The lowest BCUT2D eigenvalue weighted by molar-refractivity contribution is 0.0928. The third-order valence-electron chi connectivity index (χ3n) is 3.49. The molecule has 104 valence electrons. The first-order valence-electron chi connectivity index (χ1n) is 7.20. The number of carbonyl (C=O) groups is 1. The fraction of sp³-hybridized carbons (Fsp3) is 0.600. The van der Waals surface area contributed by atoms with Gasteiger partial charge in [-0.05, 0) is 31.9 Å². The molecular weight excluding hydrogens is 240 g/mol. The molecule has 1 aromatic rings. The second-order valence-electron chi connectivity index (χ2n) is 4.95. The highest BCUT2D eigenvalue weighted by Crippen LogP contribution is 2.19. The summed E-state index contributed by atoms with van der Waals surface area (Å²) in [4.78, 5) is 16.4. The average molecular weight is 262 g/mol. The lowest BCUT2D eigenvalue weighted by Crippen LogP contribution is -2.34. The fourth-order valence-corrected chi connectivity index (χ4v) is 2.50. The lowest BCUT2D eigenvalue weighted by atomic mass is 10.1. The number of hydrogen-bond donors (Lipinski definition) is 1. The van der Waals surface area contributed by atoms with Crippen molar-refractivity contribution in [1.29, 1.82) is 0 Å². The number of carbonyl (C=O) groups excluding carboxylic acids is 1. The number of ether oxygens (including phenoxy) is 1. The molecule has 0 aliphatic heterocycles. The molecule has 0 aromatic carbocycles. The van der Waals surface area contributed by atoms with Crippen molar-refractivity contribution in [2.24, 2.45) is 0 Å². The summed E-state index contributed by atoms with van der Waals surface area (Å²) in [6.45, 7) is 2.41. The minimum Gasteiger partial charge on any atom is -0.477 e. The Morgan fingerprint density at radius 3 is 2.79 bits per heavy atom. The highest BCUT2D eigenvalue weighted by atomic mass is 16.5. The maximum atomic E-state index is 12.3. The third kappa shape index (κ3) is 3.94. The van der Waals surface area contributed by atoms with E-state index in [0.29, 0.717) is 24.1 Å². The Bertz CT molecular complexity index is 412. The van der Waals surface area contributed by atoms with Crippen molar-refractivity contribution in [3.63, 3.8) is 0 Å². The summed E-state index contributed by atoms with van der Waals surface area (Å²) in [5.41, 5.74) is 0.536. The summed E-state index contributed by atoms with van der Waals surface area (Å²) in [5.74, 6) is 0.361. The first kappa shape index (κ1) is 13.8. The molecule has 0 bridgehead atoms. The summed E-state index contributed by atoms with van der Waals surface area (Å²) < 4.78 is 5.40. The number of rotatable bonds is 4. The van der Waals surface area contributed by atoms with E-state index in [1.54, 1.807) is 18.3 Å². The maximum Gasteiger partial charge on any atom is 0.256 e. The van der Waals surface area contributed by atoms with E-state index in [1.165, 1.54) is 25.7 Å². The zero-order valence-electron chi connectivity index (χ0n) is 11.5. The number of pyridine rings is 1. The number of amides is 1. The van der Waals surface area contributed by atoms with E-state index in [0.717, 1.165) is 12.8 Å². The molecule has 0 radical (unpaired) electrons. The Hall–Kier alpha value is -1.58. The largest absolute Gasteiger partial charge is 0.477 e. The van der Waals surface area contributed by atoms with Crippen LogP contribution in [0.4, 0.5) is 0 Å². The smallest absolute Gasteiger partial charge is 0.256 e. The van der Waals surface area contributed by atoms with Crippen LogP contribution >= 0.6 is 0 Å². The van der Waals surface area contributed by atoms with Gasteiger partial charge in [-0.15, -0.1) is 0 Å². The van der Waals surface area contributed by atoms with Gasteiger partial charge in [-0.3, -0.25) is 4.79 Å². The van der Waals surface area contributed by atoms with Gasteiger partial charge in [-0.1, -0.05) is 25.7 Å². The lowest BCUT2D eigenvalue weighted by Gasteiger charge is -2.17. The van der Waals surface area contributed by atoms with Gasteiger partial charge in [0, 0.05) is 12.2 Å². The van der Waals surface area contributed by atoms with Gasteiger partial charge in [0.2, 0.25) is 5.88 Å². The third-order valence-corrected chi connectivity index (χ3v) is 3.49. The van der Waals surface area contributed by atoms with Crippen LogP contribution < -0.4 is 10.1 Å². The first-order valence-corrected chi connectivity index (χ1v) is 7.20. The Morgan fingerprint density at radius 2 is 2.11 bits per heavy atom. The molecule has 1 amide bonds. The molecule has 0 saturated heterocycles. The van der Waals surface area contributed by atoms with Gasteiger partial charge in [0.05, 0.1) is 6.61 Å². The van der Waals surface area contributed by atoms with E-state index >= 15 is 0 Å². The van der Waals surface area contributed by atoms with Gasteiger partial charge in [0.25, 0.3) is 5.91 Å². The fourth-order valence-electron chi connectivity index (χ4n) is 2.50. The Kier molecular flexibility index (Phi) is 5.19. The van der Waals surface area contributed by atoms with Crippen molar-refractivity contribution >= 4 is 5.91 Å². The van der Waals surface area contributed by atoms with E-state index in [1.807, 2.05) is 6.92 Å². The van der Waals surface area contributed by atoms with Gasteiger partial charge in [-0.25, -0.2) is 4.98 Å². The van der Waals surface area contributed by atoms with Crippen molar-refractivity contribution in [2.45, 2.75) is 51.5 Å². The van der Waals surface area contributed by atoms with E-state index < -0.39 is 0 Å². The van der Waals surface area contributed by atoms with Crippen LogP contribution in [0, 0.1) is 0 Å². The van der Waals surface area contributed by atoms with Crippen LogP contribution in [0.5, 0.6) is 5.88 Å². The normalized spacial score (nSPS) is 16.7. The molecule has 1 aliphatic carbocycles. The predicted molar refractivity (Wildman–Crippen MR) is 74.4 cm³/mol. The van der Waals surface area contributed by atoms with Crippen molar-refractivity contribution in [1.82, 2.24) is 10.3 Å². The summed E-state index contributed by atoms with van der Waals surface area (Å²) in [5, 5.41) is 3.12. The molecular formula is C15H22N2O2. The monoisotopic (exact) mass is 262 g/mol. The van der Waals surface area contributed by atoms with Crippen molar-refractivity contribution in [3.05, 3.63) is 23.9 Å². The summed E-state index contributed by atoms with van der Waals surface area (Å²) >= 11 is 0. The number of nitrogens with zero attached hydrogens (tertiary/aromatic N) is 1. The Balaban J connectivity index is 2.02. The average Bonchev–Trinajstić information content (AvgIpc) is 2.68. The molecule has 4 heteroatoms. The molecule has 1 N–H and O–H groups in total. The zero-order chi connectivity index (χ0) is 13.5. The van der Waals surface area contributed by atoms with Crippen LogP contribution in [0.2, 0.25) is 0 Å². The highest BCUT2D eigenvalue weighted by Gasteiger charge is 2.18. The van der Waals surface area contributed by atoms with Gasteiger partial charge < -0.3 is 10.1 Å². The topological polar surface area (TPSA) is 51.2 Å². The SMILES string of the molecule is CCOc1ncccc1C(=O)NC1CCCCCC1. The van der Waals surface area contributed by atoms with Crippen LogP contribution in [-0.4, -0.2) is 23.5 Å². The van der Waals surface area contributed by atoms with E-state index in [4.69, 9.17) is 4.74 Å². The van der Waals surface area contributed by atoms with Crippen LogP contribution in [0.25, 0.3) is 0 Å². The van der Waals surface area contributed by atoms with E-state index in [2.05, 4.69) is 10.3 Å². The van der Waals surface area contributed by atoms with E-state index in [-0.39, 0.29) is 5.91 Å². The molecule has 1 fully saturated rings. The molecule has 1 aliphatic rings. The molecule has 19 heavy (non-hydrogen) atoms. The van der Waals surface area contributed by atoms with Gasteiger partial charge in [-0.2, -0.15) is 0 Å². The van der Waals surface area contributed by atoms with Crippen LogP contribution in [0.1, 0.15) is 55.8 Å². The Morgan fingerprint density at radius 1 is 1.37 bits per heavy atom. The van der Waals surface area contributed by atoms with Crippen molar-refractivity contribution in [3.8, 4) is 5.88 Å². The molecule has 4 nitrogen and oxygen atoms in total. The van der Waals surface area contributed by atoms with Crippen LogP contribution in [0.15, 0.2) is 18.3 Å². The van der Waals surface area contributed by atoms with Crippen LogP contribution in [-0.2, 0) is 0 Å². The summed E-state index contributed by atoms with van der Waals surface area (Å²) in [7, 11) is 0. The predicted octanol–water partition coefficient (Wildman–Crippen LogP) is 2.93. The molecule has 0 atom stereocenters. The number of nitrogens with one attached hydrogen (secondary N) is 1. The molecule has 1 saturated carbocycles. The van der Waals surface area contributed by atoms with E-state index in [9.17, 15) is 4.79 Å². The maximum absolute atomic E-state index is 12.3. The number of aromatic nitrogens is 1. The zero-order valence-corrected chi connectivity index (χ0v) is 11.5. The van der Waals surface area contributed by atoms with Gasteiger partial charge in [0.1, 0.15) is 5.56 Å². The standard InChI is InChI=1S/C15H22N2O2/c1-2-19-15-13(10-7-11-16-15)14(18)17-12-8-5-3-4-6-9-12/h7,10-12H,2-6,8-9H2,1H3,(H,17,18). The second kappa shape index (κ2) is 7.12.